The summed E-state index contributed by atoms with van der Waals surface area (Å²) in [4.78, 5) is 16.3. The molecule has 4 rings (SSSR count). The molecule has 1 aliphatic rings. The highest BCUT2D eigenvalue weighted by atomic mass is 19.1. The van der Waals surface area contributed by atoms with Crippen LogP contribution in [0.25, 0.3) is 10.9 Å². The standard InChI is InChI=1S/C23H22F2N2O2/c24-17-8-6-16(7-9-17)23(28)27-14-15-4-10-18(11-5-15)29-21-12-13-26-22-19(21)2-1-3-20(22)25/h1-3,6-9,12-13,15,18H,4-5,10-11,14H2,(H,27,28)/t15-,18-. The first kappa shape index (κ1) is 19.3. The molecule has 1 fully saturated rings. The molecule has 1 amide bonds. The van der Waals surface area contributed by atoms with Gasteiger partial charge in [0.2, 0.25) is 0 Å². The van der Waals surface area contributed by atoms with Crippen molar-refractivity contribution in [1.29, 1.82) is 0 Å². The number of carbonyl (C=O) groups is 1. The van der Waals surface area contributed by atoms with Gasteiger partial charge in [-0.3, -0.25) is 9.78 Å². The molecule has 4 nitrogen and oxygen atoms in total. The third-order valence-electron chi connectivity index (χ3n) is 5.43. The molecule has 1 saturated carbocycles. The maximum absolute atomic E-state index is 13.9. The molecule has 0 saturated heterocycles. The number of nitrogens with zero attached hydrogens (tertiary/aromatic N) is 1. The predicted molar refractivity (Wildman–Crippen MR) is 107 cm³/mol. The van der Waals surface area contributed by atoms with Gasteiger partial charge in [0.05, 0.1) is 6.10 Å². The lowest BCUT2D eigenvalue weighted by Gasteiger charge is -2.29. The van der Waals surface area contributed by atoms with E-state index in [0.29, 0.717) is 34.7 Å². The van der Waals surface area contributed by atoms with Gasteiger partial charge in [-0.25, -0.2) is 8.78 Å². The Labute approximate surface area is 167 Å². The first-order valence-electron chi connectivity index (χ1n) is 9.84. The van der Waals surface area contributed by atoms with E-state index in [4.69, 9.17) is 4.74 Å². The molecule has 0 spiro atoms. The fourth-order valence-electron chi connectivity index (χ4n) is 3.79. The summed E-state index contributed by atoms with van der Waals surface area (Å²) in [6, 6.07) is 12.2. The number of amides is 1. The molecule has 150 valence electrons. The molecule has 0 atom stereocenters. The molecule has 6 heteroatoms. The first-order valence-corrected chi connectivity index (χ1v) is 9.84. The Morgan fingerprint density at radius 3 is 2.55 bits per heavy atom. The molecule has 3 aromatic rings. The zero-order valence-electron chi connectivity index (χ0n) is 15.9. The molecule has 1 aliphatic carbocycles. The molecule has 1 heterocycles. The summed E-state index contributed by atoms with van der Waals surface area (Å²) < 4.78 is 33.0. The van der Waals surface area contributed by atoms with E-state index in [1.807, 2.05) is 6.07 Å². The number of nitrogens with one attached hydrogen (secondary N) is 1. The minimum atomic E-state index is -0.357. The fourth-order valence-corrected chi connectivity index (χ4v) is 3.79. The zero-order chi connectivity index (χ0) is 20.2. The van der Waals surface area contributed by atoms with Gasteiger partial charge in [0, 0.05) is 23.7 Å². The van der Waals surface area contributed by atoms with Crippen molar-refractivity contribution >= 4 is 16.8 Å². The van der Waals surface area contributed by atoms with Crippen molar-refractivity contribution in [3.63, 3.8) is 0 Å². The van der Waals surface area contributed by atoms with E-state index in [-0.39, 0.29) is 23.6 Å². The van der Waals surface area contributed by atoms with Crippen LogP contribution in [-0.2, 0) is 0 Å². The normalized spacial score (nSPS) is 19.1. The minimum Gasteiger partial charge on any atom is -0.490 e. The van der Waals surface area contributed by atoms with Crippen LogP contribution in [0.4, 0.5) is 8.78 Å². The third-order valence-corrected chi connectivity index (χ3v) is 5.43. The average molecular weight is 396 g/mol. The van der Waals surface area contributed by atoms with Crippen LogP contribution in [0.3, 0.4) is 0 Å². The maximum Gasteiger partial charge on any atom is 0.251 e. The van der Waals surface area contributed by atoms with Gasteiger partial charge in [-0.15, -0.1) is 0 Å². The van der Waals surface area contributed by atoms with E-state index in [9.17, 15) is 13.6 Å². The van der Waals surface area contributed by atoms with Gasteiger partial charge < -0.3 is 10.1 Å². The number of aromatic nitrogens is 1. The van der Waals surface area contributed by atoms with Crippen LogP contribution in [0.1, 0.15) is 36.0 Å². The van der Waals surface area contributed by atoms with Gasteiger partial charge in [0.1, 0.15) is 22.9 Å². The Kier molecular flexibility index (Phi) is 5.69. The number of rotatable bonds is 5. The lowest BCUT2D eigenvalue weighted by molar-refractivity contribution is 0.0929. The number of pyridine rings is 1. The smallest absolute Gasteiger partial charge is 0.251 e. The SMILES string of the molecule is O=C(NC[C@H]1CC[C@H](Oc2ccnc3c(F)cccc23)CC1)c1ccc(F)cc1. The average Bonchev–Trinajstić information content (AvgIpc) is 2.74. The summed E-state index contributed by atoms with van der Waals surface area (Å²) in [5, 5.41) is 3.61. The van der Waals surface area contributed by atoms with Gasteiger partial charge in [0.25, 0.3) is 5.91 Å². The molecule has 1 aromatic heterocycles. The van der Waals surface area contributed by atoms with Crippen LogP contribution in [0.5, 0.6) is 5.75 Å². The highest BCUT2D eigenvalue weighted by Gasteiger charge is 2.23. The van der Waals surface area contributed by atoms with Gasteiger partial charge in [-0.1, -0.05) is 6.07 Å². The summed E-state index contributed by atoms with van der Waals surface area (Å²) in [5.41, 5.74) is 0.780. The van der Waals surface area contributed by atoms with E-state index in [1.54, 1.807) is 18.3 Å². The number of fused-ring (bicyclic) bond motifs is 1. The van der Waals surface area contributed by atoms with E-state index in [0.717, 1.165) is 25.7 Å². The van der Waals surface area contributed by atoms with Gasteiger partial charge in [-0.2, -0.15) is 0 Å². The van der Waals surface area contributed by atoms with Gasteiger partial charge >= 0.3 is 0 Å². The Morgan fingerprint density at radius 2 is 1.79 bits per heavy atom. The first-order chi connectivity index (χ1) is 14.1. The number of halogens is 2. The highest BCUT2D eigenvalue weighted by molar-refractivity contribution is 5.94. The van der Waals surface area contributed by atoms with Crippen LogP contribution in [-0.4, -0.2) is 23.5 Å². The van der Waals surface area contributed by atoms with Crippen molar-refractivity contribution in [2.24, 2.45) is 5.92 Å². The molecule has 0 bridgehead atoms. The number of benzene rings is 2. The number of ether oxygens (including phenoxy) is 1. The summed E-state index contributed by atoms with van der Waals surface area (Å²) in [7, 11) is 0. The molecule has 0 aliphatic heterocycles. The van der Waals surface area contributed by atoms with Crippen molar-refractivity contribution in [2.45, 2.75) is 31.8 Å². The fraction of sp³-hybridized carbons (Fsp3) is 0.304. The lowest BCUT2D eigenvalue weighted by atomic mass is 9.87. The van der Waals surface area contributed by atoms with E-state index >= 15 is 0 Å². The van der Waals surface area contributed by atoms with Crippen molar-refractivity contribution in [1.82, 2.24) is 10.3 Å². The highest BCUT2D eigenvalue weighted by Crippen LogP contribution is 2.31. The minimum absolute atomic E-state index is 0.0629. The van der Waals surface area contributed by atoms with Crippen LogP contribution >= 0.6 is 0 Å². The Bertz CT molecular complexity index is 999. The lowest BCUT2D eigenvalue weighted by Crippen LogP contribution is -2.33. The third kappa shape index (κ3) is 4.53. The molecule has 1 N–H and O–H groups in total. The Morgan fingerprint density at radius 1 is 1.03 bits per heavy atom. The quantitative estimate of drug-likeness (QED) is 0.669. The topological polar surface area (TPSA) is 51.2 Å². The molecule has 0 unspecified atom stereocenters. The van der Waals surface area contributed by atoms with E-state index in [1.165, 1.54) is 30.3 Å². The van der Waals surface area contributed by atoms with Crippen LogP contribution < -0.4 is 10.1 Å². The maximum atomic E-state index is 13.9. The largest absolute Gasteiger partial charge is 0.490 e. The number of para-hydroxylation sites is 1. The van der Waals surface area contributed by atoms with Crippen molar-refractivity contribution < 1.29 is 18.3 Å². The summed E-state index contributed by atoms with van der Waals surface area (Å²) >= 11 is 0. The molecule has 29 heavy (non-hydrogen) atoms. The second-order valence-corrected chi connectivity index (χ2v) is 7.42. The molecule has 0 radical (unpaired) electrons. The summed E-state index contributed by atoms with van der Waals surface area (Å²) in [6.07, 6.45) is 5.24. The van der Waals surface area contributed by atoms with Crippen molar-refractivity contribution in [3.05, 3.63) is 71.9 Å². The summed E-state index contributed by atoms with van der Waals surface area (Å²) in [6.45, 7) is 0.590. The number of carbonyl (C=O) groups excluding carboxylic acids is 1. The molecular weight excluding hydrogens is 374 g/mol. The van der Waals surface area contributed by atoms with Crippen LogP contribution in [0.15, 0.2) is 54.7 Å². The van der Waals surface area contributed by atoms with Gasteiger partial charge in [0.15, 0.2) is 0 Å². The predicted octanol–water partition coefficient (Wildman–Crippen LogP) is 4.88. The zero-order valence-corrected chi connectivity index (χ0v) is 15.9. The van der Waals surface area contributed by atoms with Crippen molar-refractivity contribution in [3.8, 4) is 5.75 Å². The summed E-state index contributed by atoms with van der Waals surface area (Å²) in [5.74, 6) is 0.139. The second kappa shape index (κ2) is 8.55. The van der Waals surface area contributed by atoms with Gasteiger partial charge in [-0.05, 0) is 74.1 Å². The van der Waals surface area contributed by atoms with Crippen LogP contribution in [0.2, 0.25) is 0 Å². The Hall–Kier alpha value is -3.02. The van der Waals surface area contributed by atoms with E-state index < -0.39 is 0 Å². The number of hydrogen-bond donors (Lipinski definition) is 1. The molecule has 2 aromatic carbocycles. The number of hydrogen-bond acceptors (Lipinski definition) is 3. The Balaban J connectivity index is 1.29. The monoisotopic (exact) mass is 396 g/mol. The van der Waals surface area contributed by atoms with E-state index in [2.05, 4.69) is 10.3 Å². The molecular formula is C23H22F2N2O2. The van der Waals surface area contributed by atoms with Crippen LogP contribution in [0, 0.1) is 17.6 Å². The second-order valence-electron chi connectivity index (χ2n) is 7.42. The van der Waals surface area contributed by atoms with Crippen molar-refractivity contribution in [2.75, 3.05) is 6.54 Å².